The number of rotatable bonds is 4. The minimum atomic E-state index is 0.555. The molecule has 1 N–H and O–H groups in total. The number of hydrogen-bond acceptors (Lipinski definition) is 3. The van der Waals surface area contributed by atoms with E-state index >= 15 is 0 Å². The van der Waals surface area contributed by atoms with Crippen LogP contribution in [0.5, 0.6) is 0 Å². The fraction of sp³-hybridized carbons (Fsp3) is 0.765. The first-order valence-corrected chi connectivity index (χ1v) is 8.19. The first-order chi connectivity index (χ1) is 9.75. The maximum absolute atomic E-state index is 4.62. The summed E-state index contributed by atoms with van der Waals surface area (Å²) < 4.78 is 0. The summed E-state index contributed by atoms with van der Waals surface area (Å²) in [5.74, 6) is 4.13. The van der Waals surface area contributed by atoms with Gasteiger partial charge in [-0.05, 0) is 68.7 Å². The predicted molar refractivity (Wildman–Crippen MR) is 79.1 cm³/mol. The first kappa shape index (κ1) is 12.8. The van der Waals surface area contributed by atoms with Gasteiger partial charge in [-0.2, -0.15) is 0 Å². The SMILES string of the molecule is CNCc1cnc(CC23CC4CC(CC(C4)C2)C3)nc1. The highest BCUT2D eigenvalue weighted by Crippen LogP contribution is 2.60. The van der Waals surface area contributed by atoms with Crippen LogP contribution < -0.4 is 5.32 Å². The third-order valence-corrected chi connectivity index (χ3v) is 5.84. The molecule has 1 aromatic rings. The molecule has 5 rings (SSSR count). The van der Waals surface area contributed by atoms with E-state index in [9.17, 15) is 0 Å². The molecular weight excluding hydrogens is 246 g/mol. The number of aromatic nitrogens is 2. The van der Waals surface area contributed by atoms with Gasteiger partial charge in [0.15, 0.2) is 0 Å². The van der Waals surface area contributed by atoms with Gasteiger partial charge in [-0.15, -0.1) is 0 Å². The van der Waals surface area contributed by atoms with Crippen LogP contribution in [0, 0.1) is 23.2 Å². The van der Waals surface area contributed by atoms with Gasteiger partial charge in [0, 0.05) is 30.9 Å². The molecule has 108 valence electrons. The Balaban J connectivity index is 1.50. The van der Waals surface area contributed by atoms with Crippen LogP contribution in [0.25, 0.3) is 0 Å². The molecule has 4 saturated carbocycles. The van der Waals surface area contributed by atoms with Crippen LogP contribution in [0.1, 0.15) is 49.9 Å². The van der Waals surface area contributed by atoms with E-state index in [-0.39, 0.29) is 0 Å². The van der Waals surface area contributed by atoms with Crippen LogP contribution >= 0.6 is 0 Å². The van der Waals surface area contributed by atoms with Crippen LogP contribution in [0.15, 0.2) is 12.4 Å². The molecule has 4 bridgehead atoms. The Kier molecular flexibility index (Phi) is 3.06. The summed E-state index contributed by atoms with van der Waals surface area (Å²) in [6.45, 7) is 0.859. The molecule has 0 amide bonds. The van der Waals surface area contributed by atoms with Gasteiger partial charge in [0.05, 0.1) is 0 Å². The lowest BCUT2D eigenvalue weighted by Crippen LogP contribution is -2.47. The fourth-order valence-electron chi connectivity index (χ4n) is 5.61. The maximum atomic E-state index is 4.62. The predicted octanol–water partition coefficient (Wildman–Crippen LogP) is 2.95. The summed E-state index contributed by atoms with van der Waals surface area (Å²) >= 11 is 0. The minimum absolute atomic E-state index is 0.555. The number of nitrogens with one attached hydrogen (secondary N) is 1. The Morgan fingerprint density at radius 3 is 2.10 bits per heavy atom. The van der Waals surface area contributed by atoms with E-state index in [2.05, 4.69) is 15.3 Å². The zero-order valence-corrected chi connectivity index (χ0v) is 12.4. The Hall–Kier alpha value is -0.960. The van der Waals surface area contributed by atoms with Crippen molar-refractivity contribution < 1.29 is 0 Å². The molecule has 3 nitrogen and oxygen atoms in total. The van der Waals surface area contributed by atoms with Gasteiger partial charge in [0.25, 0.3) is 0 Å². The molecule has 4 aliphatic rings. The van der Waals surface area contributed by atoms with E-state index in [1.54, 1.807) is 0 Å². The van der Waals surface area contributed by atoms with E-state index < -0.39 is 0 Å². The molecule has 0 aliphatic heterocycles. The summed E-state index contributed by atoms with van der Waals surface area (Å²) in [5.41, 5.74) is 1.74. The van der Waals surface area contributed by atoms with Crippen LogP contribution in [0.4, 0.5) is 0 Å². The zero-order valence-electron chi connectivity index (χ0n) is 12.4. The summed E-state index contributed by atoms with van der Waals surface area (Å²) in [5, 5.41) is 3.15. The lowest BCUT2D eigenvalue weighted by molar-refractivity contribution is -0.0531. The third-order valence-electron chi connectivity index (χ3n) is 5.84. The highest BCUT2D eigenvalue weighted by Gasteiger charge is 2.50. The van der Waals surface area contributed by atoms with Gasteiger partial charge < -0.3 is 5.32 Å². The highest BCUT2D eigenvalue weighted by atomic mass is 14.9. The molecule has 1 heterocycles. The fourth-order valence-corrected chi connectivity index (χ4v) is 5.61. The second-order valence-electron chi connectivity index (χ2n) is 7.63. The van der Waals surface area contributed by atoms with E-state index in [1.165, 1.54) is 44.1 Å². The smallest absolute Gasteiger partial charge is 0.128 e. The molecule has 0 radical (unpaired) electrons. The van der Waals surface area contributed by atoms with Crippen molar-refractivity contribution in [3.8, 4) is 0 Å². The van der Waals surface area contributed by atoms with Gasteiger partial charge in [-0.3, -0.25) is 0 Å². The van der Waals surface area contributed by atoms with E-state index in [0.717, 1.165) is 36.5 Å². The van der Waals surface area contributed by atoms with E-state index in [4.69, 9.17) is 0 Å². The van der Waals surface area contributed by atoms with Gasteiger partial charge in [0.2, 0.25) is 0 Å². The molecule has 0 saturated heterocycles. The zero-order chi connectivity index (χ0) is 13.6. The molecule has 4 fully saturated rings. The van der Waals surface area contributed by atoms with Crippen LogP contribution in [-0.2, 0) is 13.0 Å². The Labute approximate surface area is 121 Å². The Bertz CT molecular complexity index is 444. The Morgan fingerprint density at radius 2 is 1.60 bits per heavy atom. The van der Waals surface area contributed by atoms with Gasteiger partial charge in [-0.25, -0.2) is 9.97 Å². The van der Waals surface area contributed by atoms with Crippen molar-refractivity contribution in [3.63, 3.8) is 0 Å². The largest absolute Gasteiger partial charge is 0.316 e. The van der Waals surface area contributed by atoms with Gasteiger partial charge in [0.1, 0.15) is 5.82 Å². The summed E-state index contributed by atoms with van der Waals surface area (Å²) in [4.78, 5) is 9.24. The van der Waals surface area contributed by atoms with Crippen molar-refractivity contribution in [3.05, 3.63) is 23.8 Å². The van der Waals surface area contributed by atoms with Crippen molar-refractivity contribution in [1.82, 2.24) is 15.3 Å². The molecule has 1 aromatic heterocycles. The van der Waals surface area contributed by atoms with Gasteiger partial charge >= 0.3 is 0 Å². The summed E-state index contributed by atoms with van der Waals surface area (Å²) in [7, 11) is 1.96. The van der Waals surface area contributed by atoms with E-state index in [1.807, 2.05) is 19.4 Å². The molecule has 0 unspecified atom stereocenters. The number of nitrogens with zero attached hydrogens (tertiary/aromatic N) is 2. The van der Waals surface area contributed by atoms with E-state index in [0.29, 0.717) is 5.41 Å². The van der Waals surface area contributed by atoms with Crippen molar-refractivity contribution in [2.45, 2.75) is 51.5 Å². The normalized spacial score (nSPS) is 38.4. The quantitative estimate of drug-likeness (QED) is 0.915. The van der Waals surface area contributed by atoms with Crippen molar-refractivity contribution in [2.75, 3.05) is 7.05 Å². The number of hydrogen-bond donors (Lipinski definition) is 1. The first-order valence-electron chi connectivity index (χ1n) is 8.19. The summed E-state index contributed by atoms with van der Waals surface area (Å²) in [6, 6.07) is 0. The lowest BCUT2D eigenvalue weighted by atomic mass is 9.49. The Morgan fingerprint density at radius 1 is 1.05 bits per heavy atom. The van der Waals surface area contributed by atoms with Crippen molar-refractivity contribution in [2.24, 2.45) is 23.2 Å². The molecule has 4 aliphatic carbocycles. The second kappa shape index (κ2) is 4.80. The van der Waals surface area contributed by atoms with Crippen LogP contribution in [-0.4, -0.2) is 17.0 Å². The van der Waals surface area contributed by atoms with Crippen LogP contribution in [0.2, 0.25) is 0 Å². The molecular formula is C17H25N3. The van der Waals surface area contributed by atoms with Gasteiger partial charge in [-0.1, -0.05) is 0 Å². The third kappa shape index (κ3) is 2.26. The highest BCUT2D eigenvalue weighted by molar-refractivity contribution is 5.09. The molecule has 20 heavy (non-hydrogen) atoms. The topological polar surface area (TPSA) is 37.8 Å². The average molecular weight is 271 g/mol. The van der Waals surface area contributed by atoms with Crippen LogP contribution in [0.3, 0.4) is 0 Å². The summed E-state index contributed by atoms with van der Waals surface area (Å²) in [6.07, 6.45) is 14.0. The molecule has 0 aromatic carbocycles. The molecule has 0 spiro atoms. The lowest BCUT2D eigenvalue weighted by Gasteiger charge is -2.56. The molecule has 3 heteroatoms. The monoisotopic (exact) mass is 271 g/mol. The average Bonchev–Trinajstić information content (AvgIpc) is 2.39. The maximum Gasteiger partial charge on any atom is 0.128 e. The standard InChI is InChI=1S/C17H25N3/c1-18-9-15-10-19-16(20-11-15)8-17-5-12-2-13(6-17)4-14(3-12)7-17/h10-14,18H,2-9H2,1H3. The van der Waals surface area contributed by atoms with Crippen molar-refractivity contribution >= 4 is 0 Å². The second-order valence-corrected chi connectivity index (χ2v) is 7.63. The molecule has 0 atom stereocenters. The van der Waals surface area contributed by atoms with Crippen molar-refractivity contribution in [1.29, 1.82) is 0 Å². The minimum Gasteiger partial charge on any atom is -0.316 e.